The highest BCUT2D eigenvalue weighted by Gasteiger charge is 2.31. The smallest absolute Gasteiger partial charge is 0.347 e. The number of cyclic esters (lactones) is 1. The molecule has 0 aromatic heterocycles. The van der Waals surface area contributed by atoms with Crippen LogP contribution in [0.1, 0.15) is 23.7 Å². The highest BCUT2D eigenvalue weighted by molar-refractivity contribution is 9.10. The Balaban J connectivity index is 2.21. The van der Waals surface area contributed by atoms with E-state index in [-0.39, 0.29) is 12.2 Å². The number of hydrogen-bond acceptors (Lipinski definition) is 6. The molecule has 0 bridgehead atoms. The van der Waals surface area contributed by atoms with Gasteiger partial charge in [0.25, 0.3) is 0 Å². The Morgan fingerprint density at radius 1 is 1.48 bits per heavy atom. The number of halogens is 1. The Bertz CT molecular complexity index is 557. The standard InChI is InChI=1S/C14H15BrO6/c1-3-19-12-9(15)6-8(7-11(12)18-2)13(16)21-10-4-5-20-14(10)17/h6-7,10H,3-5H2,1-2H3/t10-/m0/s1. The number of hydrogen-bond donors (Lipinski definition) is 0. The van der Waals surface area contributed by atoms with E-state index in [2.05, 4.69) is 15.9 Å². The molecule has 1 aromatic rings. The minimum Gasteiger partial charge on any atom is -0.493 e. The van der Waals surface area contributed by atoms with E-state index in [1.165, 1.54) is 13.2 Å². The molecule has 0 aliphatic carbocycles. The zero-order chi connectivity index (χ0) is 15.4. The molecule has 0 saturated carbocycles. The summed E-state index contributed by atoms with van der Waals surface area (Å²) < 4.78 is 21.1. The quantitative estimate of drug-likeness (QED) is 0.752. The second kappa shape index (κ2) is 6.80. The number of esters is 2. The molecule has 0 spiro atoms. The van der Waals surface area contributed by atoms with Crippen molar-refractivity contribution in [2.45, 2.75) is 19.4 Å². The number of rotatable bonds is 5. The van der Waals surface area contributed by atoms with Crippen LogP contribution in [0.5, 0.6) is 11.5 Å². The van der Waals surface area contributed by atoms with Crippen LogP contribution in [-0.2, 0) is 14.3 Å². The van der Waals surface area contributed by atoms with Crippen LogP contribution in [0.3, 0.4) is 0 Å². The summed E-state index contributed by atoms with van der Waals surface area (Å²) in [5.41, 5.74) is 0.266. The predicted octanol–water partition coefficient (Wildman–Crippen LogP) is 2.33. The van der Waals surface area contributed by atoms with Gasteiger partial charge in [0.2, 0.25) is 6.10 Å². The van der Waals surface area contributed by atoms with Gasteiger partial charge in [-0.25, -0.2) is 9.59 Å². The normalized spacial score (nSPS) is 17.3. The Labute approximate surface area is 130 Å². The maximum atomic E-state index is 12.1. The molecule has 1 aliphatic rings. The van der Waals surface area contributed by atoms with E-state index in [4.69, 9.17) is 18.9 Å². The topological polar surface area (TPSA) is 71.1 Å². The summed E-state index contributed by atoms with van der Waals surface area (Å²) in [6.45, 7) is 2.58. The number of ether oxygens (including phenoxy) is 4. The van der Waals surface area contributed by atoms with Crippen LogP contribution < -0.4 is 9.47 Å². The summed E-state index contributed by atoms with van der Waals surface area (Å²) in [4.78, 5) is 23.4. The molecular weight excluding hydrogens is 344 g/mol. The van der Waals surface area contributed by atoms with Crippen molar-refractivity contribution in [2.75, 3.05) is 20.3 Å². The fourth-order valence-electron chi connectivity index (χ4n) is 1.90. The maximum absolute atomic E-state index is 12.1. The van der Waals surface area contributed by atoms with Gasteiger partial charge in [-0.05, 0) is 35.0 Å². The van der Waals surface area contributed by atoms with Gasteiger partial charge in [0, 0.05) is 6.42 Å². The molecule has 0 N–H and O–H groups in total. The molecule has 6 nitrogen and oxygen atoms in total. The van der Waals surface area contributed by atoms with Crippen molar-refractivity contribution in [3.63, 3.8) is 0 Å². The average molecular weight is 359 g/mol. The molecule has 114 valence electrons. The summed E-state index contributed by atoms with van der Waals surface area (Å²) >= 11 is 3.33. The van der Waals surface area contributed by atoms with Crippen LogP contribution in [0.25, 0.3) is 0 Å². The first-order chi connectivity index (χ1) is 10.1. The lowest BCUT2D eigenvalue weighted by molar-refractivity contribution is -0.145. The van der Waals surface area contributed by atoms with E-state index in [1.54, 1.807) is 6.07 Å². The monoisotopic (exact) mass is 358 g/mol. The van der Waals surface area contributed by atoms with Gasteiger partial charge >= 0.3 is 11.9 Å². The van der Waals surface area contributed by atoms with Crippen LogP contribution in [0.15, 0.2) is 16.6 Å². The van der Waals surface area contributed by atoms with Crippen molar-refractivity contribution in [1.29, 1.82) is 0 Å². The third-order valence-electron chi connectivity index (χ3n) is 2.89. The van der Waals surface area contributed by atoms with Crippen LogP contribution in [-0.4, -0.2) is 38.4 Å². The average Bonchev–Trinajstić information content (AvgIpc) is 2.86. The molecule has 1 fully saturated rings. The fourth-order valence-corrected chi connectivity index (χ4v) is 2.46. The second-order valence-corrected chi connectivity index (χ2v) is 5.13. The molecule has 2 rings (SSSR count). The third-order valence-corrected chi connectivity index (χ3v) is 3.48. The SMILES string of the molecule is CCOc1c(Br)cc(C(=O)O[C@H]2CCOC2=O)cc1OC. The Morgan fingerprint density at radius 2 is 2.24 bits per heavy atom. The van der Waals surface area contributed by atoms with E-state index in [0.29, 0.717) is 29.0 Å². The van der Waals surface area contributed by atoms with Crippen molar-refractivity contribution in [2.24, 2.45) is 0 Å². The maximum Gasteiger partial charge on any atom is 0.347 e. The summed E-state index contributed by atoms with van der Waals surface area (Å²) in [5.74, 6) is -0.204. The molecule has 21 heavy (non-hydrogen) atoms. The van der Waals surface area contributed by atoms with Gasteiger partial charge in [0.05, 0.1) is 30.4 Å². The van der Waals surface area contributed by atoms with E-state index >= 15 is 0 Å². The fraction of sp³-hybridized carbons (Fsp3) is 0.429. The van der Waals surface area contributed by atoms with Gasteiger partial charge in [-0.2, -0.15) is 0 Å². The number of methoxy groups -OCH3 is 1. The molecule has 1 heterocycles. The first kappa shape index (κ1) is 15.6. The van der Waals surface area contributed by atoms with Crippen LogP contribution in [0.2, 0.25) is 0 Å². The summed E-state index contributed by atoms with van der Waals surface area (Å²) in [5, 5.41) is 0. The van der Waals surface area contributed by atoms with E-state index in [0.717, 1.165) is 0 Å². The Morgan fingerprint density at radius 3 is 2.81 bits per heavy atom. The lowest BCUT2D eigenvalue weighted by Crippen LogP contribution is -2.22. The molecular formula is C14H15BrO6. The summed E-state index contributed by atoms with van der Waals surface area (Å²) in [7, 11) is 1.48. The first-order valence-corrected chi connectivity index (χ1v) is 7.24. The first-order valence-electron chi connectivity index (χ1n) is 6.44. The largest absolute Gasteiger partial charge is 0.493 e. The van der Waals surface area contributed by atoms with Gasteiger partial charge in [-0.15, -0.1) is 0 Å². The van der Waals surface area contributed by atoms with Crippen molar-refractivity contribution in [1.82, 2.24) is 0 Å². The second-order valence-electron chi connectivity index (χ2n) is 4.27. The van der Waals surface area contributed by atoms with Gasteiger partial charge in [-0.3, -0.25) is 0 Å². The minimum absolute atomic E-state index is 0.266. The molecule has 0 amide bonds. The molecule has 1 aromatic carbocycles. The molecule has 1 saturated heterocycles. The molecule has 7 heteroatoms. The third kappa shape index (κ3) is 3.47. The Hall–Kier alpha value is -1.76. The van der Waals surface area contributed by atoms with Crippen LogP contribution in [0.4, 0.5) is 0 Å². The van der Waals surface area contributed by atoms with Crippen LogP contribution >= 0.6 is 15.9 Å². The summed E-state index contributed by atoms with van der Waals surface area (Å²) in [6, 6.07) is 3.08. The van der Waals surface area contributed by atoms with Gasteiger partial charge < -0.3 is 18.9 Å². The zero-order valence-electron chi connectivity index (χ0n) is 11.7. The minimum atomic E-state index is -0.839. The van der Waals surface area contributed by atoms with Crippen LogP contribution in [0, 0.1) is 0 Å². The lowest BCUT2D eigenvalue weighted by Gasteiger charge is -2.14. The van der Waals surface area contributed by atoms with E-state index < -0.39 is 18.0 Å². The molecule has 0 unspecified atom stereocenters. The van der Waals surface area contributed by atoms with E-state index in [1.807, 2.05) is 6.92 Å². The molecule has 1 atom stereocenters. The Kier molecular flexibility index (Phi) is 5.06. The van der Waals surface area contributed by atoms with Crippen molar-refractivity contribution >= 4 is 27.9 Å². The molecule has 0 radical (unpaired) electrons. The highest BCUT2D eigenvalue weighted by Crippen LogP contribution is 2.37. The summed E-state index contributed by atoms with van der Waals surface area (Å²) in [6.07, 6.45) is -0.464. The van der Waals surface area contributed by atoms with E-state index in [9.17, 15) is 9.59 Å². The number of benzene rings is 1. The zero-order valence-corrected chi connectivity index (χ0v) is 13.3. The number of carbonyl (C=O) groups is 2. The predicted molar refractivity (Wildman–Crippen MR) is 76.6 cm³/mol. The molecule has 1 aliphatic heterocycles. The van der Waals surface area contributed by atoms with Gasteiger partial charge in [-0.1, -0.05) is 0 Å². The lowest BCUT2D eigenvalue weighted by atomic mass is 10.2. The van der Waals surface area contributed by atoms with Crippen molar-refractivity contribution in [3.05, 3.63) is 22.2 Å². The highest BCUT2D eigenvalue weighted by atomic mass is 79.9. The number of carbonyl (C=O) groups excluding carboxylic acids is 2. The van der Waals surface area contributed by atoms with Gasteiger partial charge in [0.1, 0.15) is 0 Å². The van der Waals surface area contributed by atoms with Crippen molar-refractivity contribution < 1.29 is 28.5 Å². The van der Waals surface area contributed by atoms with Gasteiger partial charge in [0.15, 0.2) is 11.5 Å². The van der Waals surface area contributed by atoms with Crippen molar-refractivity contribution in [3.8, 4) is 11.5 Å².